The topological polar surface area (TPSA) is 117 Å². The Hall–Kier alpha value is -3.44. The quantitative estimate of drug-likeness (QED) is 0.314. The van der Waals surface area contributed by atoms with E-state index in [4.69, 9.17) is 4.74 Å². The number of carbonyl (C=O) groups excluding carboxylic acids is 4. The van der Waals surface area contributed by atoms with Crippen LogP contribution in [0.5, 0.6) is 0 Å². The van der Waals surface area contributed by atoms with Crippen LogP contribution >= 0.6 is 11.3 Å². The van der Waals surface area contributed by atoms with Gasteiger partial charge in [0.25, 0.3) is 17.7 Å². The molecule has 2 aromatic rings. The van der Waals surface area contributed by atoms with Gasteiger partial charge in [-0.15, -0.1) is 11.3 Å². The first-order valence-corrected chi connectivity index (χ1v) is 17.1. The van der Waals surface area contributed by atoms with Crippen LogP contribution < -0.4 is 16.0 Å². The molecule has 11 heteroatoms. The Kier molecular flexibility index (Phi) is 12.0. The van der Waals surface area contributed by atoms with Gasteiger partial charge in [-0.05, 0) is 88.6 Å². The number of amides is 4. The smallest absolute Gasteiger partial charge is 0.410 e. The zero-order chi connectivity index (χ0) is 32.5. The highest BCUT2D eigenvalue weighted by molar-refractivity contribution is 7.13. The molecule has 0 radical (unpaired) electrons. The molecule has 0 saturated carbocycles. The van der Waals surface area contributed by atoms with Gasteiger partial charge < -0.3 is 30.1 Å². The number of rotatable bonds is 10. The van der Waals surface area contributed by atoms with Gasteiger partial charge in [-0.3, -0.25) is 14.4 Å². The maximum Gasteiger partial charge on any atom is 0.410 e. The van der Waals surface area contributed by atoms with E-state index >= 15 is 0 Å². The zero-order valence-corrected chi connectivity index (χ0v) is 28.1. The van der Waals surface area contributed by atoms with E-state index in [1.807, 2.05) is 63.4 Å². The fraction of sp³-hybridized carbons (Fsp3) is 0.588. The molecule has 0 unspecified atom stereocenters. The molecule has 0 aliphatic carbocycles. The molecule has 4 amide bonds. The number of quaternary nitrogens is 1. The van der Waals surface area contributed by atoms with Crippen molar-refractivity contribution < 1.29 is 28.4 Å². The average molecular weight is 641 g/mol. The van der Waals surface area contributed by atoms with Crippen molar-refractivity contribution in [2.45, 2.75) is 78.4 Å². The number of likely N-dealkylation sites (tertiary alicyclic amines) is 2. The van der Waals surface area contributed by atoms with Gasteiger partial charge in [0, 0.05) is 26.2 Å². The highest BCUT2D eigenvalue weighted by atomic mass is 32.1. The molecule has 10 nitrogen and oxygen atoms in total. The van der Waals surface area contributed by atoms with E-state index in [0.717, 1.165) is 62.7 Å². The monoisotopic (exact) mass is 640 g/mol. The van der Waals surface area contributed by atoms with Gasteiger partial charge in [0.1, 0.15) is 10.5 Å². The first-order valence-electron chi connectivity index (χ1n) is 16.2. The Labute approximate surface area is 271 Å². The number of hydrogen-bond donors (Lipinski definition) is 3. The predicted molar refractivity (Wildman–Crippen MR) is 177 cm³/mol. The van der Waals surface area contributed by atoms with E-state index in [1.54, 1.807) is 4.90 Å². The Morgan fingerprint density at radius 3 is 2.22 bits per heavy atom. The van der Waals surface area contributed by atoms with Crippen molar-refractivity contribution in [2.24, 2.45) is 5.92 Å². The maximum atomic E-state index is 13.5. The van der Waals surface area contributed by atoms with Crippen molar-refractivity contribution in [3.63, 3.8) is 0 Å². The number of nitrogens with zero attached hydrogens (tertiary/aromatic N) is 2. The standard InChI is InChI=1S/C34H49N5O5S/c1-25-24-45-31(32(42)36-21-27-14-16-38(17-15-27)33(43)44-34(2,3)4)30(25)37-29(41)23-39(18-10-5-6-11-19-39)22-28(40)35-20-26-12-8-7-9-13-26/h7-9,12-13,24,27H,5-6,10-11,14-23H2,1-4H3,(H2-,35,36,37,40,41,42)/p+1. The van der Waals surface area contributed by atoms with E-state index in [-0.39, 0.29) is 42.8 Å². The van der Waals surface area contributed by atoms with Gasteiger partial charge in [-0.1, -0.05) is 30.3 Å². The van der Waals surface area contributed by atoms with Crippen molar-refractivity contribution in [1.29, 1.82) is 0 Å². The van der Waals surface area contributed by atoms with Crippen molar-refractivity contribution in [3.8, 4) is 0 Å². The summed E-state index contributed by atoms with van der Waals surface area (Å²) in [7, 11) is 0. The highest BCUT2D eigenvalue weighted by Crippen LogP contribution is 2.29. The summed E-state index contributed by atoms with van der Waals surface area (Å²) in [4.78, 5) is 54.5. The van der Waals surface area contributed by atoms with Gasteiger partial charge >= 0.3 is 6.09 Å². The fourth-order valence-corrected chi connectivity index (χ4v) is 7.02. The molecular formula is C34H50N5O5S+. The number of piperidine rings is 1. The second kappa shape index (κ2) is 15.7. The summed E-state index contributed by atoms with van der Waals surface area (Å²) in [5.74, 6) is -0.195. The largest absolute Gasteiger partial charge is 0.444 e. The van der Waals surface area contributed by atoms with Gasteiger partial charge in [0.05, 0.1) is 18.8 Å². The van der Waals surface area contributed by atoms with E-state index in [0.29, 0.717) is 41.2 Å². The molecule has 3 N–H and O–H groups in total. The molecule has 4 rings (SSSR count). The third kappa shape index (κ3) is 10.6. The molecule has 45 heavy (non-hydrogen) atoms. The minimum absolute atomic E-state index is 0.0581. The van der Waals surface area contributed by atoms with Crippen molar-refractivity contribution >= 4 is 40.8 Å². The molecule has 2 aliphatic heterocycles. The van der Waals surface area contributed by atoms with E-state index < -0.39 is 5.60 Å². The van der Waals surface area contributed by atoms with Crippen LogP contribution in [0.1, 0.15) is 80.1 Å². The molecular weight excluding hydrogens is 590 g/mol. The molecule has 0 atom stereocenters. The third-order valence-corrected chi connectivity index (χ3v) is 9.67. The number of anilines is 1. The Bertz CT molecular complexity index is 1310. The Morgan fingerprint density at radius 2 is 1.58 bits per heavy atom. The fourth-order valence-electron chi connectivity index (χ4n) is 6.10. The van der Waals surface area contributed by atoms with Gasteiger partial charge in [0.2, 0.25) is 0 Å². The Morgan fingerprint density at radius 1 is 0.933 bits per heavy atom. The maximum absolute atomic E-state index is 13.5. The first kappa shape index (κ1) is 34.4. The lowest BCUT2D eigenvalue weighted by Crippen LogP contribution is -2.57. The number of hydrogen-bond acceptors (Lipinski definition) is 6. The summed E-state index contributed by atoms with van der Waals surface area (Å²) in [6, 6.07) is 9.82. The number of aryl methyl sites for hydroxylation is 1. The summed E-state index contributed by atoms with van der Waals surface area (Å²) in [6.07, 6.45) is 5.42. The minimum Gasteiger partial charge on any atom is -0.444 e. The lowest BCUT2D eigenvalue weighted by atomic mass is 9.97. The molecule has 2 fully saturated rings. The molecule has 246 valence electrons. The first-order chi connectivity index (χ1) is 21.4. The SMILES string of the molecule is Cc1csc(C(=O)NCC2CCN(C(=O)OC(C)(C)C)CC2)c1NC(=O)C[N+]1(CC(=O)NCc2ccccc2)CCCCCC1. The third-order valence-electron chi connectivity index (χ3n) is 8.57. The van der Waals surface area contributed by atoms with Crippen molar-refractivity contribution in [1.82, 2.24) is 15.5 Å². The predicted octanol–water partition coefficient (Wildman–Crippen LogP) is 5.08. The van der Waals surface area contributed by atoms with Crippen LogP contribution in [0.15, 0.2) is 35.7 Å². The summed E-state index contributed by atoms with van der Waals surface area (Å²) >= 11 is 1.32. The van der Waals surface area contributed by atoms with Crippen LogP contribution in [0.2, 0.25) is 0 Å². The van der Waals surface area contributed by atoms with Gasteiger partial charge in [-0.25, -0.2) is 4.79 Å². The van der Waals surface area contributed by atoms with Crippen LogP contribution in [0.25, 0.3) is 0 Å². The second-order valence-electron chi connectivity index (χ2n) is 13.6. The highest BCUT2D eigenvalue weighted by Gasteiger charge is 2.35. The molecule has 0 bridgehead atoms. The summed E-state index contributed by atoms with van der Waals surface area (Å²) in [5.41, 5.74) is 1.90. The number of carbonyl (C=O) groups is 4. The number of nitrogens with one attached hydrogen (secondary N) is 3. The van der Waals surface area contributed by atoms with Crippen molar-refractivity contribution in [2.75, 3.05) is 51.1 Å². The van der Waals surface area contributed by atoms with Crippen LogP contribution in [0, 0.1) is 12.8 Å². The number of thiophene rings is 1. The number of ether oxygens (including phenoxy) is 1. The lowest BCUT2D eigenvalue weighted by Gasteiger charge is -2.36. The van der Waals surface area contributed by atoms with Crippen LogP contribution in [-0.4, -0.2) is 84.6 Å². The summed E-state index contributed by atoms with van der Waals surface area (Å²) in [6.45, 7) is 11.6. The molecule has 2 saturated heterocycles. The molecule has 2 aliphatic rings. The molecule has 1 aromatic heterocycles. The zero-order valence-electron chi connectivity index (χ0n) is 27.3. The summed E-state index contributed by atoms with van der Waals surface area (Å²) < 4.78 is 5.90. The van der Waals surface area contributed by atoms with E-state index in [1.165, 1.54) is 11.3 Å². The van der Waals surface area contributed by atoms with Crippen molar-refractivity contribution in [3.05, 3.63) is 51.7 Å². The average Bonchev–Trinajstić information content (AvgIpc) is 3.20. The normalized spacial score (nSPS) is 17.2. The van der Waals surface area contributed by atoms with Crippen LogP contribution in [0.3, 0.4) is 0 Å². The Balaban J connectivity index is 1.31. The van der Waals surface area contributed by atoms with Gasteiger partial charge in [0.15, 0.2) is 13.1 Å². The van der Waals surface area contributed by atoms with Crippen LogP contribution in [0.4, 0.5) is 10.5 Å². The van der Waals surface area contributed by atoms with Crippen LogP contribution in [-0.2, 0) is 20.9 Å². The molecule has 0 spiro atoms. The second-order valence-corrected chi connectivity index (χ2v) is 14.5. The molecule has 3 heterocycles. The van der Waals surface area contributed by atoms with E-state index in [2.05, 4.69) is 16.0 Å². The number of benzene rings is 1. The van der Waals surface area contributed by atoms with E-state index in [9.17, 15) is 19.2 Å². The summed E-state index contributed by atoms with van der Waals surface area (Å²) in [5, 5.41) is 11.0. The lowest BCUT2D eigenvalue weighted by molar-refractivity contribution is -0.912. The molecule has 1 aromatic carbocycles. The van der Waals surface area contributed by atoms with Gasteiger partial charge in [-0.2, -0.15) is 0 Å². The minimum atomic E-state index is -0.527.